The molecule has 6 aliphatic rings. The van der Waals surface area contributed by atoms with Gasteiger partial charge in [0.2, 0.25) is 6.23 Å². The fourth-order valence-electron chi connectivity index (χ4n) is 7.97. The van der Waals surface area contributed by atoms with Gasteiger partial charge in [0.25, 0.3) is 10.1 Å². The molecule has 11 heteroatoms. The Balaban J connectivity index is 1.54. The van der Waals surface area contributed by atoms with Crippen molar-refractivity contribution < 1.29 is 32.7 Å². The number of aliphatic imine (C=N–C) groups is 1. The molecule has 3 aromatic rings. The zero-order chi connectivity index (χ0) is 34.0. The van der Waals surface area contributed by atoms with E-state index in [1.165, 1.54) is 0 Å². The van der Waals surface area contributed by atoms with Crippen LogP contribution in [0.2, 0.25) is 0 Å². The third-order valence-corrected chi connectivity index (χ3v) is 11.5. The SMILES string of the molecule is CC[C@@H]1C[C@@H](S(=O)(=O)O)[C@H]2C=C3C[C@@H](C[C@H](CCCO)O[C@H]3c3ccc(O)cc3)[C@H]2c2ccc(cc2)[C@H](N=C(N)N)Oc2ccc1cc2. The number of hydrogen-bond acceptors (Lipinski definition) is 7. The highest BCUT2D eigenvalue weighted by molar-refractivity contribution is 7.86. The van der Waals surface area contributed by atoms with Crippen molar-refractivity contribution in [1.82, 2.24) is 0 Å². The lowest BCUT2D eigenvalue weighted by molar-refractivity contribution is -0.00268. The summed E-state index contributed by atoms with van der Waals surface area (Å²) in [6.07, 6.45) is 3.99. The van der Waals surface area contributed by atoms with Crippen LogP contribution in [0.1, 0.15) is 91.9 Å². The number of nitrogens with zero attached hydrogens (tertiary/aromatic N) is 1. The van der Waals surface area contributed by atoms with E-state index in [9.17, 15) is 23.2 Å². The molecule has 0 spiro atoms. The third kappa shape index (κ3) is 7.39. The molecule has 1 fully saturated rings. The van der Waals surface area contributed by atoms with Crippen LogP contribution in [-0.4, -0.2) is 47.1 Å². The highest BCUT2D eigenvalue weighted by Gasteiger charge is 2.47. The predicted octanol–water partition coefficient (Wildman–Crippen LogP) is 5.85. The van der Waals surface area contributed by atoms with Crippen molar-refractivity contribution >= 4 is 16.1 Å². The molecule has 7 N–H and O–H groups in total. The van der Waals surface area contributed by atoms with Gasteiger partial charge in [-0.25, -0.2) is 4.99 Å². The molecular formula is C37H45N3O7S. The fourth-order valence-corrected chi connectivity index (χ4v) is 9.09. The number of aliphatic hydroxyl groups excluding tert-OH is 1. The number of guanidine groups is 1. The van der Waals surface area contributed by atoms with Crippen molar-refractivity contribution in [2.75, 3.05) is 6.61 Å². The Labute approximate surface area is 282 Å². The summed E-state index contributed by atoms with van der Waals surface area (Å²) in [7, 11) is -4.52. The Bertz CT molecular complexity index is 1720. The zero-order valence-corrected chi connectivity index (χ0v) is 27.9. The molecule has 5 heterocycles. The smallest absolute Gasteiger partial charge is 0.268 e. The zero-order valence-electron chi connectivity index (χ0n) is 27.1. The van der Waals surface area contributed by atoms with Crippen LogP contribution in [0.5, 0.6) is 11.5 Å². The molecular weight excluding hydrogens is 630 g/mol. The van der Waals surface area contributed by atoms with Gasteiger partial charge in [-0.3, -0.25) is 4.55 Å². The normalized spacial score (nSPS) is 28.6. The second-order valence-electron chi connectivity index (χ2n) is 13.3. The lowest BCUT2D eigenvalue weighted by Crippen LogP contribution is -2.39. The molecule has 0 unspecified atom stereocenters. The Kier molecular flexibility index (Phi) is 10.1. The molecule has 256 valence electrons. The van der Waals surface area contributed by atoms with Gasteiger partial charge in [-0.1, -0.05) is 61.5 Å². The second kappa shape index (κ2) is 14.3. The van der Waals surface area contributed by atoms with Crippen LogP contribution in [-0.2, 0) is 14.9 Å². The summed E-state index contributed by atoms with van der Waals surface area (Å²) in [5.74, 6) is -0.413. The van der Waals surface area contributed by atoms with Gasteiger partial charge in [0, 0.05) is 18.1 Å². The molecule has 1 aliphatic carbocycles. The van der Waals surface area contributed by atoms with Gasteiger partial charge >= 0.3 is 0 Å². The number of phenolic OH excluding ortho intramolecular Hbond substituents is 1. The first kappa shape index (κ1) is 34.0. The molecule has 1 saturated heterocycles. The number of aromatic hydroxyl groups is 1. The molecule has 3 aromatic carbocycles. The van der Waals surface area contributed by atoms with Crippen LogP contribution in [0.15, 0.2) is 89.4 Å². The van der Waals surface area contributed by atoms with Gasteiger partial charge in [0.1, 0.15) is 17.6 Å². The molecule has 0 aromatic heterocycles. The van der Waals surface area contributed by atoms with E-state index in [1.807, 2.05) is 73.7 Å². The molecule has 6 bridgehead atoms. The highest BCUT2D eigenvalue weighted by atomic mass is 32.2. The maximum absolute atomic E-state index is 13.5. The van der Waals surface area contributed by atoms with Crippen molar-refractivity contribution in [3.63, 3.8) is 0 Å². The number of nitrogens with two attached hydrogens (primary N) is 2. The van der Waals surface area contributed by atoms with E-state index in [2.05, 4.69) is 4.99 Å². The van der Waals surface area contributed by atoms with Crippen LogP contribution in [0.25, 0.3) is 0 Å². The van der Waals surface area contributed by atoms with E-state index < -0.39 is 33.6 Å². The minimum absolute atomic E-state index is 0.0183. The van der Waals surface area contributed by atoms with Crippen LogP contribution in [0.3, 0.4) is 0 Å². The summed E-state index contributed by atoms with van der Waals surface area (Å²) < 4.78 is 51.1. The molecule has 48 heavy (non-hydrogen) atoms. The first-order valence-corrected chi connectivity index (χ1v) is 18.2. The maximum Gasteiger partial charge on any atom is 0.268 e. The largest absolute Gasteiger partial charge is 0.508 e. The van der Waals surface area contributed by atoms with Crippen molar-refractivity contribution in [3.8, 4) is 11.5 Å². The Morgan fingerprint density at radius 2 is 1.56 bits per heavy atom. The van der Waals surface area contributed by atoms with Crippen LogP contribution in [0.4, 0.5) is 0 Å². The average Bonchev–Trinajstić information content (AvgIpc) is 3.20. The van der Waals surface area contributed by atoms with Crippen molar-refractivity contribution in [1.29, 1.82) is 0 Å². The number of hydrogen-bond donors (Lipinski definition) is 5. The van der Waals surface area contributed by atoms with E-state index in [0.717, 1.165) is 27.8 Å². The van der Waals surface area contributed by atoms with Gasteiger partial charge < -0.3 is 31.2 Å². The van der Waals surface area contributed by atoms with E-state index in [0.29, 0.717) is 37.9 Å². The number of rotatable bonds is 7. The van der Waals surface area contributed by atoms with Crippen LogP contribution < -0.4 is 16.2 Å². The molecule has 9 rings (SSSR count). The van der Waals surface area contributed by atoms with Gasteiger partial charge in [-0.05, 0) is 103 Å². The molecule has 0 radical (unpaired) electrons. The van der Waals surface area contributed by atoms with E-state index in [4.69, 9.17) is 20.9 Å². The number of phenols is 1. The van der Waals surface area contributed by atoms with E-state index in [1.54, 1.807) is 12.1 Å². The third-order valence-electron chi connectivity index (χ3n) is 10.2. The highest BCUT2D eigenvalue weighted by Crippen LogP contribution is 2.53. The summed E-state index contributed by atoms with van der Waals surface area (Å²) in [5.41, 5.74) is 16.0. The maximum atomic E-state index is 13.5. The quantitative estimate of drug-likeness (QED) is 0.0890. The number of allylic oxidation sites excluding steroid dienone is 1. The van der Waals surface area contributed by atoms with Gasteiger partial charge in [0.05, 0.1) is 11.4 Å². The second-order valence-corrected chi connectivity index (χ2v) is 14.9. The summed E-state index contributed by atoms with van der Waals surface area (Å²) in [6, 6.07) is 22.2. The summed E-state index contributed by atoms with van der Waals surface area (Å²) in [5, 5.41) is 18.6. The monoisotopic (exact) mass is 675 g/mol. The van der Waals surface area contributed by atoms with E-state index in [-0.39, 0.29) is 48.6 Å². The van der Waals surface area contributed by atoms with Gasteiger partial charge in [-0.15, -0.1) is 0 Å². The Morgan fingerprint density at radius 3 is 2.19 bits per heavy atom. The topological polar surface area (TPSA) is 178 Å². The Hall–Kier alpha value is -3.90. The predicted molar refractivity (Wildman–Crippen MR) is 184 cm³/mol. The number of fused-ring (bicyclic) bond motifs is 2. The minimum atomic E-state index is -4.52. The lowest BCUT2D eigenvalue weighted by Gasteiger charge is -2.41. The lowest BCUT2D eigenvalue weighted by atomic mass is 9.65. The van der Waals surface area contributed by atoms with Crippen LogP contribution in [0, 0.1) is 11.8 Å². The molecule has 10 nitrogen and oxygen atoms in total. The van der Waals surface area contributed by atoms with Gasteiger partial charge in [0.15, 0.2) is 5.96 Å². The number of ether oxygens (including phenoxy) is 2. The average molecular weight is 676 g/mol. The fraction of sp³-hybridized carbons (Fsp3) is 0.432. The minimum Gasteiger partial charge on any atom is -0.508 e. The first-order valence-electron chi connectivity index (χ1n) is 16.7. The molecule has 8 atom stereocenters. The van der Waals surface area contributed by atoms with Crippen LogP contribution >= 0.6 is 0 Å². The van der Waals surface area contributed by atoms with E-state index >= 15 is 0 Å². The number of benzene rings is 3. The summed E-state index contributed by atoms with van der Waals surface area (Å²) in [4.78, 5) is 4.35. The molecule has 0 saturated carbocycles. The van der Waals surface area contributed by atoms with Crippen molar-refractivity contribution in [3.05, 3.63) is 107 Å². The first-order chi connectivity index (χ1) is 23.0. The standard InChI is InChI=1S/C37H45N3O7S/c1-2-22-21-33(48(43,44)45)32-20-28-18-27(19-31(4-3-17-41)46-35(28)25-9-13-29(42)14-10-25)34(32)24-5-7-26(8-6-24)36(40-37(38)39)47-30-15-11-23(22)12-16-30/h5-16,20,22,27,31-36,41-42H,2-4,17-19,21H2,1H3,(H4,38,39,40)(H,43,44,45)/t22-,27+,31+,32-,33-,34-,35+,36-/m1/s1. The van der Waals surface area contributed by atoms with Gasteiger partial charge in [-0.2, -0.15) is 8.42 Å². The molecule has 5 aliphatic heterocycles. The number of aliphatic hydroxyl groups is 1. The van der Waals surface area contributed by atoms with Crippen molar-refractivity contribution in [2.24, 2.45) is 28.3 Å². The summed E-state index contributed by atoms with van der Waals surface area (Å²) >= 11 is 0. The Morgan fingerprint density at radius 1 is 0.917 bits per heavy atom. The summed E-state index contributed by atoms with van der Waals surface area (Å²) in [6.45, 7) is 2.06. The molecule has 0 amide bonds. The van der Waals surface area contributed by atoms with Crippen molar-refractivity contribution in [2.45, 2.75) is 81.0 Å².